The Morgan fingerprint density at radius 3 is 1.51 bits per heavy atom. The largest absolute Gasteiger partial charge is 1.00 e. The number of benzene rings is 2. The van der Waals surface area contributed by atoms with Crippen LogP contribution in [0.2, 0.25) is 5.28 Å². The third kappa shape index (κ3) is 12.6. The molecule has 0 saturated carbocycles. The molecular formula is C41H54Br2ClKN8O4S2. The van der Waals surface area contributed by atoms with Gasteiger partial charge in [0.15, 0.2) is 0 Å². The number of aromatic nitrogens is 4. The molecule has 4 aliphatic heterocycles. The van der Waals surface area contributed by atoms with Gasteiger partial charge in [-0.1, -0.05) is 36.4 Å². The van der Waals surface area contributed by atoms with Crippen molar-refractivity contribution in [2.45, 2.75) is 100 Å². The van der Waals surface area contributed by atoms with Crippen LogP contribution >= 0.6 is 43.5 Å². The van der Waals surface area contributed by atoms with E-state index < -0.39 is 27.6 Å². The third-order valence-electron chi connectivity index (χ3n) is 10.2. The smallest absolute Gasteiger partial charge is 0.485 e. The van der Waals surface area contributed by atoms with Gasteiger partial charge in [0.05, 0.1) is 52.5 Å². The predicted octanol–water partition coefficient (Wildman–Crippen LogP) is 5.40. The van der Waals surface area contributed by atoms with Gasteiger partial charge >= 0.3 is 51.4 Å². The molecule has 0 aliphatic carbocycles. The molecule has 18 heteroatoms. The topological polar surface area (TPSA) is 143 Å². The molecule has 0 bridgehead atoms. The van der Waals surface area contributed by atoms with Crippen molar-refractivity contribution in [2.75, 3.05) is 31.1 Å². The molecule has 316 valence electrons. The van der Waals surface area contributed by atoms with Gasteiger partial charge in [0.1, 0.15) is 22.7 Å². The van der Waals surface area contributed by atoms with Crippen molar-refractivity contribution >= 4 is 71.4 Å². The van der Waals surface area contributed by atoms with E-state index in [0.29, 0.717) is 0 Å². The Labute approximate surface area is 419 Å². The molecule has 59 heavy (non-hydrogen) atoms. The summed E-state index contributed by atoms with van der Waals surface area (Å²) in [4.78, 5) is 18.4. The summed E-state index contributed by atoms with van der Waals surface area (Å²) in [7, 11) is -2.30. The average molecular weight is 1020 g/mol. The Hall–Kier alpha value is -0.934. The van der Waals surface area contributed by atoms with Crippen molar-refractivity contribution in [2.24, 2.45) is 0 Å². The van der Waals surface area contributed by atoms with Crippen LogP contribution < -0.4 is 80.5 Å². The number of nitrogens with zero attached hydrogens (tertiary/aromatic N) is 5. The molecule has 2 aromatic carbocycles. The molecule has 6 heterocycles. The van der Waals surface area contributed by atoms with Crippen molar-refractivity contribution in [1.29, 1.82) is 0 Å². The Balaban J connectivity index is 0.000000219. The van der Waals surface area contributed by atoms with Crippen LogP contribution in [0.5, 0.6) is 11.5 Å². The summed E-state index contributed by atoms with van der Waals surface area (Å²) < 4.78 is 46.1. The normalized spacial score (nSPS) is 20.7. The van der Waals surface area contributed by atoms with E-state index in [1.54, 1.807) is 24.8 Å². The number of hydrogen-bond donors (Lipinski definition) is 3. The van der Waals surface area contributed by atoms with Crippen LogP contribution in [-0.2, 0) is 22.0 Å². The number of nitrogens with one attached hydrogen (secondary N) is 3. The second-order valence-corrected chi connectivity index (χ2v) is 22.5. The molecular weight excluding hydrogens is 967 g/mol. The van der Waals surface area contributed by atoms with Gasteiger partial charge in [0.2, 0.25) is 11.2 Å². The van der Waals surface area contributed by atoms with Crippen LogP contribution in [0.25, 0.3) is 0 Å². The van der Waals surface area contributed by atoms with E-state index in [9.17, 15) is 8.42 Å². The molecule has 3 N–H and O–H groups in total. The zero-order valence-corrected chi connectivity index (χ0v) is 43.7. The monoisotopic (exact) mass is 1020 g/mol. The Bertz CT molecular complexity index is 2010. The maximum Gasteiger partial charge on any atom is 1.00 e. The fourth-order valence-electron chi connectivity index (χ4n) is 7.14. The number of halogens is 3. The van der Waals surface area contributed by atoms with E-state index in [1.807, 2.05) is 77.9 Å². The van der Waals surface area contributed by atoms with Crippen LogP contribution in [0, 0.1) is 7.43 Å². The van der Waals surface area contributed by atoms with Gasteiger partial charge in [-0.05, 0) is 110 Å². The van der Waals surface area contributed by atoms with Gasteiger partial charge in [-0.3, -0.25) is 0 Å². The second-order valence-electron chi connectivity index (χ2n) is 16.4. The Kier molecular flexibility index (Phi) is 18.6. The van der Waals surface area contributed by atoms with Crippen molar-refractivity contribution in [3.8, 4) is 11.5 Å². The van der Waals surface area contributed by atoms with E-state index in [0.717, 1.165) is 89.4 Å². The van der Waals surface area contributed by atoms with Crippen LogP contribution in [-0.4, -0.2) is 75.2 Å². The zero-order chi connectivity index (χ0) is 41.0. The minimum absolute atomic E-state index is 0. The van der Waals surface area contributed by atoms with Gasteiger partial charge in [0, 0.05) is 74.7 Å². The molecule has 2 aromatic heterocycles. The molecule has 4 aliphatic rings. The number of ether oxygens (including phenoxy) is 2. The third-order valence-corrected chi connectivity index (χ3v) is 14.4. The average Bonchev–Trinajstić information content (AvgIpc) is 3.64. The van der Waals surface area contributed by atoms with Crippen LogP contribution in [0.3, 0.4) is 0 Å². The molecule has 12 nitrogen and oxygen atoms in total. The summed E-state index contributed by atoms with van der Waals surface area (Å²) in [6.45, 7) is 15.4. The number of anilines is 1. The van der Waals surface area contributed by atoms with E-state index in [2.05, 4.69) is 83.6 Å². The van der Waals surface area contributed by atoms with E-state index in [-0.39, 0.29) is 91.3 Å². The summed E-state index contributed by atoms with van der Waals surface area (Å²) in [5.41, 5.74) is 1.55. The second kappa shape index (κ2) is 21.6. The van der Waals surface area contributed by atoms with Crippen molar-refractivity contribution in [3.05, 3.63) is 106 Å². The summed E-state index contributed by atoms with van der Waals surface area (Å²) in [5.74, 6) is 2.55. The van der Waals surface area contributed by atoms with Crippen LogP contribution in [0.4, 0.5) is 5.95 Å². The van der Waals surface area contributed by atoms with E-state index >= 15 is 0 Å². The van der Waals surface area contributed by atoms with E-state index in [1.165, 1.54) is 0 Å². The molecule has 2 fully saturated rings. The van der Waals surface area contributed by atoms with Crippen molar-refractivity contribution in [3.63, 3.8) is 0 Å². The van der Waals surface area contributed by atoms with Crippen LogP contribution in [0.15, 0.2) is 82.3 Å². The fraction of sp³-hybridized carbons (Fsp3) is 0.488. The summed E-state index contributed by atoms with van der Waals surface area (Å²) >= 11 is 11.9. The molecule has 4 aromatic rings. The van der Waals surface area contributed by atoms with Gasteiger partial charge in [-0.2, -0.15) is 0 Å². The first-order valence-electron chi connectivity index (χ1n) is 19.0. The van der Waals surface area contributed by atoms with Gasteiger partial charge in [-0.25, -0.2) is 37.8 Å². The number of piperidine rings is 2. The first-order chi connectivity index (χ1) is 27.0. The Morgan fingerprint density at radius 2 is 1.10 bits per heavy atom. The number of para-hydroxylation sites is 2. The van der Waals surface area contributed by atoms with Gasteiger partial charge in [-0.15, -0.1) is 0 Å². The summed E-state index contributed by atoms with van der Waals surface area (Å²) in [6.07, 6.45) is 10.2. The van der Waals surface area contributed by atoms with Crippen molar-refractivity contribution < 1.29 is 69.3 Å². The van der Waals surface area contributed by atoms with E-state index in [4.69, 9.17) is 21.1 Å². The summed E-state index contributed by atoms with van der Waals surface area (Å²) in [6, 6.07) is 16.1. The minimum Gasteiger partial charge on any atom is -0.485 e. The first kappa shape index (κ1) is 50.7. The molecule has 0 amide bonds. The fourth-order valence-corrected chi connectivity index (χ4v) is 9.46. The first-order valence-corrected chi connectivity index (χ1v) is 23.2. The number of fused-ring (bicyclic) bond motifs is 2. The SMILES string of the molecule is CC(C)(C)[S@@](=O)N[C@@H]1c2ccccc2OC12CCN(c1ncc(Br)cn1)CC2.CC(C)(C)[S@@](=O)N[C@@H]1c2ccccc2OC12CCNCC2.Clc1ncc(Br)cn1.[CH3-].[K+]. The Morgan fingerprint density at radius 1 is 0.712 bits per heavy atom. The molecule has 2 spiro atoms. The minimum atomic E-state index is -1.18. The quantitative estimate of drug-likeness (QED) is 0.135. The standard InChI is InChI=1S/C20H25BrN4O2S.C16H24N2O2S.C4H2BrClN2.CH3.K/c1-19(2,3)28(26)24-17-15-6-4-5-7-16(15)27-20(17)8-10-25(11-9-20)18-22-12-14(21)13-23-18;1-15(2,3)21(19)18-14-12-6-4-5-7-13(12)20-16(14)8-10-17-11-9-16;5-3-1-7-4(6)8-2-3;;/h4-7,12-13,17,24H,8-11H2,1-3H3;4-7,14,17-18H,8-11H2,1-3H3;1-2H;1H3;/q;;;-1;+1/t17-,28-;14-,21-;;;/m11.../s1. The molecule has 8 rings (SSSR count). The van der Waals surface area contributed by atoms with Gasteiger partial charge in [0.25, 0.3) is 0 Å². The molecule has 0 radical (unpaired) electrons. The van der Waals surface area contributed by atoms with Gasteiger partial charge < -0.3 is 27.1 Å². The molecule has 4 atom stereocenters. The van der Waals surface area contributed by atoms with Crippen LogP contribution in [0.1, 0.15) is 90.4 Å². The zero-order valence-electron chi connectivity index (χ0n) is 35.1. The van der Waals surface area contributed by atoms with Crippen molar-refractivity contribution in [1.82, 2.24) is 34.7 Å². The molecule has 0 unspecified atom stereocenters. The number of rotatable bonds is 5. The number of hydrogen-bond acceptors (Lipinski definition) is 10. The predicted molar refractivity (Wildman–Crippen MR) is 242 cm³/mol. The maximum absolute atomic E-state index is 12.9. The summed E-state index contributed by atoms with van der Waals surface area (Å²) in [5, 5.41) is 3.65. The molecule has 2 saturated heterocycles. The maximum atomic E-state index is 12.9.